The van der Waals surface area contributed by atoms with E-state index in [4.69, 9.17) is 5.73 Å². The van der Waals surface area contributed by atoms with Crippen LogP contribution < -0.4 is 5.73 Å². The fraction of sp³-hybridized carbons (Fsp3) is 0.357. The van der Waals surface area contributed by atoms with Gasteiger partial charge in [0.2, 0.25) is 11.9 Å². The van der Waals surface area contributed by atoms with Crippen molar-refractivity contribution in [3.63, 3.8) is 0 Å². The molecule has 1 aromatic carbocycles. The Morgan fingerprint density at radius 2 is 2.10 bits per heavy atom. The average Bonchev–Trinajstić information content (AvgIpc) is 2.73. The molecule has 1 aromatic heterocycles. The number of likely N-dealkylation sites (tertiary alicyclic amines) is 1. The SMILES string of the molecule is Cc1cc2c(cc1F)nc(N)n2C1CCC(=O)N(C)C1=O. The predicted octanol–water partition coefficient (Wildman–Crippen LogP) is 1.39. The van der Waals surface area contributed by atoms with Crippen molar-refractivity contribution in [1.82, 2.24) is 14.5 Å². The lowest BCUT2D eigenvalue weighted by atomic mass is 10.0. The Morgan fingerprint density at radius 1 is 1.38 bits per heavy atom. The molecule has 3 rings (SSSR count). The molecule has 1 atom stereocenters. The lowest BCUT2D eigenvalue weighted by molar-refractivity contribution is -0.149. The predicted molar refractivity (Wildman–Crippen MR) is 74.9 cm³/mol. The summed E-state index contributed by atoms with van der Waals surface area (Å²) in [5.41, 5.74) is 7.36. The third kappa shape index (κ3) is 1.96. The molecule has 21 heavy (non-hydrogen) atoms. The van der Waals surface area contributed by atoms with E-state index in [1.54, 1.807) is 17.6 Å². The van der Waals surface area contributed by atoms with Gasteiger partial charge in [-0.05, 0) is 25.0 Å². The molecule has 1 aliphatic rings. The molecular weight excluding hydrogens is 275 g/mol. The van der Waals surface area contributed by atoms with Crippen LogP contribution in [0.1, 0.15) is 24.4 Å². The molecule has 0 radical (unpaired) electrons. The van der Waals surface area contributed by atoms with Crippen LogP contribution >= 0.6 is 0 Å². The molecule has 2 N–H and O–H groups in total. The molecule has 7 heteroatoms. The van der Waals surface area contributed by atoms with Gasteiger partial charge in [0.05, 0.1) is 11.0 Å². The minimum absolute atomic E-state index is 0.149. The molecule has 2 aromatic rings. The number of halogens is 1. The van der Waals surface area contributed by atoms with Crippen LogP contribution in [0.2, 0.25) is 0 Å². The third-order valence-electron chi connectivity index (χ3n) is 3.93. The lowest BCUT2D eigenvalue weighted by Crippen LogP contribution is -2.43. The first-order chi connectivity index (χ1) is 9.90. The number of aryl methyl sites for hydroxylation is 1. The second kappa shape index (κ2) is 4.54. The van der Waals surface area contributed by atoms with Gasteiger partial charge in [0.15, 0.2) is 0 Å². The van der Waals surface area contributed by atoms with Crippen LogP contribution in [-0.4, -0.2) is 33.3 Å². The molecule has 2 amide bonds. The smallest absolute Gasteiger partial charge is 0.252 e. The number of rotatable bonds is 1. The highest BCUT2D eigenvalue weighted by molar-refractivity contribution is 6.00. The number of hydrogen-bond acceptors (Lipinski definition) is 4. The minimum atomic E-state index is -0.581. The number of imide groups is 1. The number of carbonyl (C=O) groups excluding carboxylic acids is 2. The highest BCUT2D eigenvalue weighted by atomic mass is 19.1. The van der Waals surface area contributed by atoms with E-state index < -0.39 is 6.04 Å². The quantitative estimate of drug-likeness (QED) is 0.805. The van der Waals surface area contributed by atoms with E-state index in [2.05, 4.69) is 4.98 Å². The van der Waals surface area contributed by atoms with Crippen molar-refractivity contribution in [3.8, 4) is 0 Å². The highest BCUT2D eigenvalue weighted by Gasteiger charge is 2.34. The van der Waals surface area contributed by atoms with Gasteiger partial charge in [-0.1, -0.05) is 0 Å². The van der Waals surface area contributed by atoms with Gasteiger partial charge >= 0.3 is 0 Å². The number of carbonyl (C=O) groups is 2. The minimum Gasteiger partial charge on any atom is -0.369 e. The van der Waals surface area contributed by atoms with Crippen LogP contribution in [0.3, 0.4) is 0 Å². The number of aromatic nitrogens is 2. The number of fused-ring (bicyclic) bond motifs is 1. The van der Waals surface area contributed by atoms with Crippen molar-refractivity contribution < 1.29 is 14.0 Å². The van der Waals surface area contributed by atoms with E-state index in [-0.39, 0.29) is 30.0 Å². The molecule has 1 aliphatic heterocycles. The van der Waals surface area contributed by atoms with Gasteiger partial charge in [0.1, 0.15) is 11.9 Å². The number of nitrogen functional groups attached to an aromatic ring is 1. The maximum absolute atomic E-state index is 13.6. The zero-order valence-electron chi connectivity index (χ0n) is 11.8. The van der Waals surface area contributed by atoms with Crippen LogP contribution in [0.4, 0.5) is 10.3 Å². The Labute approximate surface area is 120 Å². The van der Waals surface area contributed by atoms with Gasteiger partial charge in [-0.2, -0.15) is 0 Å². The molecule has 1 unspecified atom stereocenters. The number of benzene rings is 1. The lowest BCUT2D eigenvalue weighted by Gasteiger charge is -2.29. The van der Waals surface area contributed by atoms with Gasteiger partial charge in [0.25, 0.3) is 5.91 Å². The number of nitrogens with zero attached hydrogens (tertiary/aromatic N) is 3. The van der Waals surface area contributed by atoms with E-state index in [0.717, 1.165) is 4.90 Å². The topological polar surface area (TPSA) is 81.2 Å². The molecule has 0 saturated carbocycles. The van der Waals surface area contributed by atoms with Crippen LogP contribution in [-0.2, 0) is 9.59 Å². The van der Waals surface area contributed by atoms with E-state index in [9.17, 15) is 14.0 Å². The number of imidazole rings is 1. The number of hydrogen-bond donors (Lipinski definition) is 1. The van der Waals surface area contributed by atoms with Crippen LogP contribution in [0.25, 0.3) is 11.0 Å². The summed E-state index contributed by atoms with van der Waals surface area (Å²) in [6.07, 6.45) is 0.639. The number of nitrogens with two attached hydrogens (primary N) is 1. The molecule has 0 spiro atoms. The van der Waals surface area contributed by atoms with Crippen LogP contribution in [0.5, 0.6) is 0 Å². The van der Waals surface area contributed by atoms with Crippen molar-refractivity contribution in [2.45, 2.75) is 25.8 Å². The zero-order valence-corrected chi connectivity index (χ0v) is 11.8. The van der Waals surface area contributed by atoms with Gasteiger partial charge in [-0.15, -0.1) is 0 Å². The summed E-state index contributed by atoms with van der Waals surface area (Å²) in [7, 11) is 1.46. The average molecular weight is 290 g/mol. The molecule has 110 valence electrons. The maximum Gasteiger partial charge on any atom is 0.252 e. The summed E-state index contributed by atoms with van der Waals surface area (Å²) < 4.78 is 15.2. The van der Waals surface area contributed by atoms with E-state index >= 15 is 0 Å². The molecule has 0 aliphatic carbocycles. The number of likely N-dealkylation sites (N-methyl/N-ethyl adjacent to an activating group) is 1. The van der Waals surface area contributed by atoms with Crippen LogP contribution in [0, 0.1) is 12.7 Å². The monoisotopic (exact) mass is 290 g/mol. The van der Waals surface area contributed by atoms with E-state index in [1.165, 1.54) is 13.1 Å². The fourth-order valence-electron chi connectivity index (χ4n) is 2.70. The number of amides is 2. The second-order valence-corrected chi connectivity index (χ2v) is 5.28. The van der Waals surface area contributed by atoms with Gasteiger partial charge in [0, 0.05) is 19.5 Å². The van der Waals surface area contributed by atoms with E-state index in [0.29, 0.717) is 23.0 Å². The Morgan fingerprint density at radius 3 is 2.81 bits per heavy atom. The van der Waals surface area contributed by atoms with Crippen molar-refractivity contribution >= 4 is 28.8 Å². The molecule has 1 fully saturated rings. The summed E-state index contributed by atoms with van der Waals surface area (Å²) in [6.45, 7) is 1.64. The fourth-order valence-corrected chi connectivity index (χ4v) is 2.70. The molecule has 2 heterocycles. The summed E-state index contributed by atoms with van der Waals surface area (Å²) >= 11 is 0. The van der Waals surface area contributed by atoms with Gasteiger partial charge < -0.3 is 5.73 Å². The summed E-state index contributed by atoms with van der Waals surface area (Å²) in [5, 5.41) is 0. The van der Waals surface area contributed by atoms with Crippen molar-refractivity contribution in [3.05, 3.63) is 23.5 Å². The first kappa shape index (κ1) is 13.5. The van der Waals surface area contributed by atoms with Crippen molar-refractivity contribution in [2.24, 2.45) is 0 Å². The Bertz CT molecular complexity index is 768. The normalized spacial score (nSPS) is 19.6. The summed E-state index contributed by atoms with van der Waals surface area (Å²) in [6, 6.07) is 2.35. The number of piperidine rings is 1. The Balaban J connectivity index is 2.16. The Kier molecular flexibility index (Phi) is 2.93. The summed E-state index contributed by atoms with van der Waals surface area (Å²) in [5.74, 6) is -0.744. The summed E-state index contributed by atoms with van der Waals surface area (Å²) in [4.78, 5) is 29.1. The molecular formula is C14H15FN4O2. The van der Waals surface area contributed by atoms with Gasteiger partial charge in [-0.3, -0.25) is 19.1 Å². The zero-order chi connectivity index (χ0) is 15.3. The van der Waals surface area contributed by atoms with Crippen molar-refractivity contribution in [1.29, 1.82) is 0 Å². The first-order valence-electron chi connectivity index (χ1n) is 6.64. The molecule has 1 saturated heterocycles. The molecule has 0 bridgehead atoms. The largest absolute Gasteiger partial charge is 0.369 e. The highest BCUT2D eigenvalue weighted by Crippen LogP contribution is 2.31. The second-order valence-electron chi connectivity index (χ2n) is 5.28. The van der Waals surface area contributed by atoms with E-state index in [1.807, 2.05) is 0 Å². The Hall–Kier alpha value is -2.44. The standard InChI is InChI=1S/C14H15FN4O2/c1-7-5-11-9(6-8(7)15)17-14(16)19(11)10-3-4-12(20)18(2)13(10)21/h5-6,10H,3-4H2,1-2H3,(H2,16,17). The third-order valence-corrected chi connectivity index (χ3v) is 3.93. The van der Waals surface area contributed by atoms with Gasteiger partial charge in [-0.25, -0.2) is 9.37 Å². The van der Waals surface area contributed by atoms with Crippen LogP contribution in [0.15, 0.2) is 12.1 Å². The molecule has 6 nitrogen and oxygen atoms in total. The first-order valence-corrected chi connectivity index (χ1v) is 6.64. The number of anilines is 1. The van der Waals surface area contributed by atoms with Crippen molar-refractivity contribution in [2.75, 3.05) is 12.8 Å². The maximum atomic E-state index is 13.6.